The number of ether oxygens (including phenoxy) is 1. The number of hydrogen-bond acceptors (Lipinski definition) is 5. The van der Waals surface area contributed by atoms with Gasteiger partial charge in [-0.3, -0.25) is 4.79 Å². The first kappa shape index (κ1) is 23.2. The lowest BCUT2D eigenvalue weighted by Crippen LogP contribution is -2.33. The van der Waals surface area contributed by atoms with Gasteiger partial charge in [-0.05, 0) is 54.7 Å². The number of fused-ring (bicyclic) bond motifs is 1. The molecule has 0 aliphatic carbocycles. The highest BCUT2D eigenvalue weighted by Gasteiger charge is 2.25. The number of benzene rings is 2. The van der Waals surface area contributed by atoms with E-state index in [2.05, 4.69) is 0 Å². The van der Waals surface area contributed by atoms with Crippen LogP contribution in [0.3, 0.4) is 0 Å². The van der Waals surface area contributed by atoms with Gasteiger partial charge in [0.05, 0.1) is 4.90 Å². The highest BCUT2D eigenvalue weighted by Crippen LogP contribution is 2.27. The molecule has 0 spiro atoms. The normalized spacial score (nSPS) is 17.0. The van der Waals surface area contributed by atoms with Crippen molar-refractivity contribution in [2.75, 3.05) is 31.1 Å². The predicted octanol–water partition coefficient (Wildman–Crippen LogP) is 3.40. The third-order valence-corrected chi connectivity index (χ3v) is 7.93. The molecule has 33 heavy (non-hydrogen) atoms. The number of carbonyl (C=O) groups is 2. The zero-order valence-electron chi connectivity index (χ0n) is 18.5. The molecule has 174 valence electrons. The molecular weight excluding hydrogens is 440 g/mol. The largest absolute Gasteiger partial charge is 0.452 e. The standard InChI is InChI=1S/C25H28N2O5S/c28-24(27-18-15-21-7-3-4-8-23(21)27)19-32-25(29)14-11-20-9-12-22(13-10-20)33(30,31)26-16-5-1-2-6-17-26/h3-4,7-14H,1-2,5-6,15-19H2/b14-11+. The summed E-state index contributed by atoms with van der Waals surface area (Å²) in [6.07, 6.45) is 7.46. The fourth-order valence-corrected chi connectivity index (χ4v) is 5.72. The summed E-state index contributed by atoms with van der Waals surface area (Å²) in [7, 11) is -3.51. The first-order valence-electron chi connectivity index (χ1n) is 11.3. The van der Waals surface area contributed by atoms with Gasteiger partial charge in [0.2, 0.25) is 10.0 Å². The SMILES string of the molecule is O=C(/C=C/c1ccc(S(=O)(=O)N2CCCCCC2)cc1)OCC(=O)N1CCc2ccccc21. The van der Waals surface area contributed by atoms with Crippen LogP contribution in [0.4, 0.5) is 5.69 Å². The number of rotatable bonds is 6. The van der Waals surface area contributed by atoms with Gasteiger partial charge in [-0.2, -0.15) is 4.31 Å². The van der Waals surface area contributed by atoms with Crippen molar-refractivity contribution in [3.63, 3.8) is 0 Å². The van der Waals surface area contributed by atoms with E-state index < -0.39 is 16.0 Å². The van der Waals surface area contributed by atoms with E-state index in [1.54, 1.807) is 39.5 Å². The van der Waals surface area contributed by atoms with Crippen molar-refractivity contribution in [3.8, 4) is 0 Å². The number of nitrogens with zero attached hydrogens (tertiary/aromatic N) is 2. The maximum Gasteiger partial charge on any atom is 0.331 e. The Balaban J connectivity index is 1.31. The van der Waals surface area contributed by atoms with Gasteiger partial charge in [0.15, 0.2) is 6.61 Å². The van der Waals surface area contributed by atoms with Crippen LogP contribution in [0.5, 0.6) is 0 Å². The molecular formula is C25H28N2O5S. The average Bonchev–Trinajstić information content (AvgIpc) is 3.06. The second-order valence-corrected chi connectivity index (χ2v) is 10.2. The lowest BCUT2D eigenvalue weighted by Gasteiger charge is -2.19. The molecule has 0 N–H and O–H groups in total. The highest BCUT2D eigenvalue weighted by atomic mass is 32.2. The van der Waals surface area contributed by atoms with Gasteiger partial charge < -0.3 is 9.64 Å². The van der Waals surface area contributed by atoms with Crippen LogP contribution in [0, 0.1) is 0 Å². The van der Waals surface area contributed by atoms with Gasteiger partial charge in [-0.25, -0.2) is 13.2 Å². The van der Waals surface area contributed by atoms with Crippen molar-refractivity contribution >= 4 is 33.7 Å². The summed E-state index contributed by atoms with van der Waals surface area (Å²) in [6, 6.07) is 14.1. The smallest absolute Gasteiger partial charge is 0.331 e. The summed E-state index contributed by atoms with van der Waals surface area (Å²) < 4.78 is 32.4. The fraction of sp³-hybridized carbons (Fsp3) is 0.360. The third-order valence-electron chi connectivity index (χ3n) is 6.02. The van der Waals surface area contributed by atoms with E-state index in [0.717, 1.165) is 43.4 Å². The number of sulfonamides is 1. The van der Waals surface area contributed by atoms with E-state index in [4.69, 9.17) is 4.74 Å². The molecule has 2 aromatic rings. The average molecular weight is 469 g/mol. The molecule has 1 amide bonds. The predicted molar refractivity (Wildman–Crippen MR) is 126 cm³/mol. The first-order valence-corrected chi connectivity index (χ1v) is 12.7. The van der Waals surface area contributed by atoms with E-state index in [1.165, 1.54) is 6.08 Å². The minimum atomic E-state index is -3.51. The van der Waals surface area contributed by atoms with Gasteiger partial charge in [0, 0.05) is 31.4 Å². The monoisotopic (exact) mass is 468 g/mol. The van der Waals surface area contributed by atoms with Crippen molar-refractivity contribution in [3.05, 3.63) is 65.7 Å². The van der Waals surface area contributed by atoms with E-state index in [1.807, 2.05) is 24.3 Å². The summed E-state index contributed by atoms with van der Waals surface area (Å²) in [4.78, 5) is 26.4. The molecule has 2 aromatic carbocycles. The molecule has 0 atom stereocenters. The lowest BCUT2D eigenvalue weighted by molar-refractivity contribution is -0.142. The van der Waals surface area contributed by atoms with Crippen LogP contribution < -0.4 is 4.90 Å². The molecule has 0 radical (unpaired) electrons. The molecule has 1 fully saturated rings. The second kappa shape index (κ2) is 10.3. The Kier molecular flexibility index (Phi) is 7.25. The number of para-hydroxylation sites is 1. The van der Waals surface area contributed by atoms with Gasteiger partial charge in [-0.1, -0.05) is 43.2 Å². The van der Waals surface area contributed by atoms with Crippen LogP contribution in [-0.2, 0) is 30.8 Å². The lowest BCUT2D eigenvalue weighted by atomic mass is 10.2. The van der Waals surface area contributed by atoms with Crippen molar-refractivity contribution in [1.82, 2.24) is 4.31 Å². The van der Waals surface area contributed by atoms with Crippen LogP contribution in [0.1, 0.15) is 36.8 Å². The zero-order chi connectivity index (χ0) is 23.3. The number of anilines is 1. The quantitative estimate of drug-likeness (QED) is 0.479. The summed E-state index contributed by atoms with van der Waals surface area (Å²) in [6.45, 7) is 1.36. The van der Waals surface area contributed by atoms with Gasteiger partial charge in [0.25, 0.3) is 5.91 Å². The van der Waals surface area contributed by atoms with Crippen LogP contribution in [0.15, 0.2) is 59.5 Å². The van der Waals surface area contributed by atoms with Crippen LogP contribution in [0.25, 0.3) is 6.08 Å². The van der Waals surface area contributed by atoms with E-state index in [9.17, 15) is 18.0 Å². The van der Waals surface area contributed by atoms with Crippen LogP contribution in [-0.4, -0.2) is 50.8 Å². The molecule has 0 saturated carbocycles. The maximum atomic E-state index is 12.9. The molecule has 4 rings (SSSR count). The van der Waals surface area contributed by atoms with Crippen molar-refractivity contribution in [2.24, 2.45) is 0 Å². The number of amides is 1. The number of carbonyl (C=O) groups excluding carboxylic acids is 2. The highest BCUT2D eigenvalue weighted by molar-refractivity contribution is 7.89. The Morgan fingerprint density at radius 3 is 2.33 bits per heavy atom. The molecule has 7 nitrogen and oxygen atoms in total. The van der Waals surface area contributed by atoms with Crippen LogP contribution >= 0.6 is 0 Å². The molecule has 0 aromatic heterocycles. The molecule has 2 aliphatic heterocycles. The summed E-state index contributed by atoms with van der Waals surface area (Å²) in [5.41, 5.74) is 2.64. The Hall–Kier alpha value is -2.97. The fourth-order valence-electron chi connectivity index (χ4n) is 4.20. The topological polar surface area (TPSA) is 84.0 Å². The Bertz CT molecular complexity index is 1130. The summed E-state index contributed by atoms with van der Waals surface area (Å²) >= 11 is 0. The van der Waals surface area contributed by atoms with Crippen LogP contribution in [0.2, 0.25) is 0 Å². The Labute approximate surface area is 194 Å². The van der Waals surface area contributed by atoms with E-state index in [0.29, 0.717) is 25.2 Å². The second-order valence-electron chi connectivity index (χ2n) is 8.25. The molecule has 2 heterocycles. The third kappa shape index (κ3) is 5.51. The van der Waals surface area contributed by atoms with Gasteiger partial charge >= 0.3 is 5.97 Å². The number of esters is 1. The maximum absolute atomic E-state index is 12.9. The first-order chi connectivity index (χ1) is 15.9. The Morgan fingerprint density at radius 2 is 1.61 bits per heavy atom. The molecule has 8 heteroatoms. The van der Waals surface area contributed by atoms with E-state index >= 15 is 0 Å². The summed E-state index contributed by atoms with van der Waals surface area (Å²) in [5.74, 6) is -0.887. The summed E-state index contributed by atoms with van der Waals surface area (Å²) in [5, 5.41) is 0. The minimum absolute atomic E-state index is 0.251. The molecule has 0 bridgehead atoms. The molecule has 2 aliphatic rings. The van der Waals surface area contributed by atoms with Crippen molar-refractivity contribution in [2.45, 2.75) is 37.0 Å². The minimum Gasteiger partial charge on any atom is -0.452 e. The van der Waals surface area contributed by atoms with Gasteiger partial charge in [0.1, 0.15) is 0 Å². The van der Waals surface area contributed by atoms with Crippen molar-refractivity contribution < 1.29 is 22.7 Å². The zero-order valence-corrected chi connectivity index (χ0v) is 19.3. The Morgan fingerprint density at radius 1 is 0.909 bits per heavy atom. The van der Waals surface area contributed by atoms with Crippen molar-refractivity contribution in [1.29, 1.82) is 0 Å². The van der Waals surface area contributed by atoms with E-state index in [-0.39, 0.29) is 17.4 Å². The number of hydrogen-bond donors (Lipinski definition) is 0. The molecule has 1 saturated heterocycles. The molecule has 0 unspecified atom stereocenters. The van der Waals surface area contributed by atoms with Gasteiger partial charge in [-0.15, -0.1) is 0 Å².